The fraction of sp³-hybridized carbons (Fsp3) is 0.375. The molecule has 1 aromatic heterocycles. The number of anilines is 1. The van der Waals surface area contributed by atoms with Crippen molar-refractivity contribution < 1.29 is 8.78 Å². The van der Waals surface area contributed by atoms with Crippen molar-refractivity contribution in [2.75, 3.05) is 5.73 Å². The van der Waals surface area contributed by atoms with Crippen LogP contribution in [0.1, 0.15) is 0 Å². The molecule has 0 spiro atoms. The molecular formula is C8H12F2N2Si. The van der Waals surface area contributed by atoms with E-state index in [2.05, 4.69) is 4.98 Å². The maximum atomic E-state index is 13.3. The van der Waals surface area contributed by atoms with Crippen LogP contribution in [0.15, 0.2) is 6.07 Å². The molecule has 0 aliphatic rings. The van der Waals surface area contributed by atoms with Gasteiger partial charge in [0.25, 0.3) is 0 Å². The first-order chi connectivity index (χ1) is 5.82. The van der Waals surface area contributed by atoms with Crippen LogP contribution < -0.4 is 10.9 Å². The molecule has 0 saturated carbocycles. The summed E-state index contributed by atoms with van der Waals surface area (Å²) in [4.78, 5) is 3.41. The van der Waals surface area contributed by atoms with Gasteiger partial charge in [-0.3, -0.25) is 0 Å². The second-order valence-electron chi connectivity index (χ2n) is 3.94. The molecule has 0 unspecified atom stereocenters. The minimum absolute atomic E-state index is 0.113. The molecule has 5 heteroatoms. The van der Waals surface area contributed by atoms with E-state index in [0.29, 0.717) is 0 Å². The maximum Gasteiger partial charge on any atom is 0.216 e. The summed E-state index contributed by atoms with van der Waals surface area (Å²) in [5.41, 5.74) is 5.20. The zero-order valence-corrected chi connectivity index (χ0v) is 8.86. The van der Waals surface area contributed by atoms with E-state index in [1.165, 1.54) is 0 Å². The van der Waals surface area contributed by atoms with Gasteiger partial charge in [0, 0.05) is 11.3 Å². The van der Waals surface area contributed by atoms with Gasteiger partial charge < -0.3 is 5.73 Å². The van der Waals surface area contributed by atoms with Gasteiger partial charge in [0.2, 0.25) is 5.95 Å². The van der Waals surface area contributed by atoms with Gasteiger partial charge in [0.15, 0.2) is 0 Å². The lowest BCUT2D eigenvalue weighted by Crippen LogP contribution is -2.43. The molecule has 0 saturated heterocycles. The van der Waals surface area contributed by atoms with Gasteiger partial charge in [-0.05, 0) is 0 Å². The summed E-state index contributed by atoms with van der Waals surface area (Å²) >= 11 is 0. The Morgan fingerprint density at radius 2 is 1.85 bits per heavy atom. The fourth-order valence-corrected chi connectivity index (χ4v) is 2.63. The van der Waals surface area contributed by atoms with E-state index in [0.717, 1.165) is 6.07 Å². The number of rotatable bonds is 1. The normalized spacial score (nSPS) is 11.8. The molecule has 0 fully saturated rings. The Hall–Kier alpha value is -0.973. The van der Waals surface area contributed by atoms with E-state index in [1.807, 2.05) is 19.6 Å². The van der Waals surface area contributed by atoms with E-state index in [4.69, 9.17) is 5.73 Å². The highest BCUT2D eigenvalue weighted by Gasteiger charge is 2.26. The van der Waals surface area contributed by atoms with Crippen molar-refractivity contribution in [1.29, 1.82) is 0 Å². The van der Waals surface area contributed by atoms with Crippen LogP contribution in [0.5, 0.6) is 0 Å². The Balaban J connectivity index is 3.38. The third-order valence-corrected chi connectivity index (χ3v) is 3.64. The van der Waals surface area contributed by atoms with Crippen LogP contribution in [0, 0.1) is 11.8 Å². The van der Waals surface area contributed by atoms with E-state index in [9.17, 15) is 8.78 Å². The number of hydrogen-bond donors (Lipinski definition) is 1. The first kappa shape index (κ1) is 10.1. The van der Waals surface area contributed by atoms with Crippen LogP contribution in [0.4, 0.5) is 14.6 Å². The molecule has 1 rings (SSSR count). The third kappa shape index (κ3) is 2.03. The summed E-state index contributed by atoms with van der Waals surface area (Å²) in [6, 6.07) is 1.07. The molecule has 2 nitrogen and oxygen atoms in total. The van der Waals surface area contributed by atoms with E-state index < -0.39 is 19.8 Å². The van der Waals surface area contributed by atoms with Crippen molar-refractivity contribution >= 4 is 19.1 Å². The first-order valence-electron chi connectivity index (χ1n) is 3.94. The highest BCUT2D eigenvalue weighted by molar-refractivity contribution is 6.88. The molecular weight excluding hydrogens is 190 g/mol. The molecule has 0 aromatic carbocycles. The Labute approximate surface area is 76.8 Å². The average molecular weight is 202 g/mol. The van der Waals surface area contributed by atoms with Crippen LogP contribution in [0.2, 0.25) is 19.6 Å². The molecule has 1 aromatic rings. The Morgan fingerprint density at radius 1 is 1.31 bits per heavy atom. The van der Waals surface area contributed by atoms with Gasteiger partial charge in [0.05, 0.1) is 8.07 Å². The molecule has 0 atom stereocenters. The van der Waals surface area contributed by atoms with Crippen molar-refractivity contribution in [2.45, 2.75) is 19.6 Å². The number of nitrogens with zero attached hydrogens (tertiary/aromatic N) is 1. The van der Waals surface area contributed by atoms with Crippen molar-refractivity contribution in [3.05, 3.63) is 17.8 Å². The summed E-state index contributed by atoms with van der Waals surface area (Å²) < 4.78 is 26.5. The van der Waals surface area contributed by atoms with Crippen molar-refractivity contribution in [2.24, 2.45) is 0 Å². The summed E-state index contributed by atoms with van der Waals surface area (Å²) in [5, 5.41) is 0.113. The molecule has 0 bridgehead atoms. The second-order valence-corrected chi connectivity index (χ2v) is 8.94. The lowest BCUT2D eigenvalue weighted by Gasteiger charge is -2.17. The molecule has 0 aliphatic carbocycles. The van der Waals surface area contributed by atoms with Gasteiger partial charge >= 0.3 is 0 Å². The molecule has 0 amide bonds. The van der Waals surface area contributed by atoms with Crippen LogP contribution in [0.3, 0.4) is 0 Å². The molecule has 1 heterocycles. The molecule has 72 valence electrons. The Kier molecular flexibility index (Phi) is 2.38. The monoisotopic (exact) mass is 202 g/mol. The number of aromatic nitrogens is 1. The molecule has 0 radical (unpaired) electrons. The fourth-order valence-electron chi connectivity index (χ4n) is 1.17. The topological polar surface area (TPSA) is 38.9 Å². The highest BCUT2D eigenvalue weighted by atomic mass is 28.3. The minimum atomic E-state index is -2.01. The van der Waals surface area contributed by atoms with Gasteiger partial charge in [-0.1, -0.05) is 19.6 Å². The lowest BCUT2D eigenvalue weighted by atomic mass is 10.4. The van der Waals surface area contributed by atoms with Crippen molar-refractivity contribution in [3.8, 4) is 0 Å². The summed E-state index contributed by atoms with van der Waals surface area (Å²) in [5.74, 6) is -1.46. The quantitative estimate of drug-likeness (QED) is 0.553. The Morgan fingerprint density at radius 3 is 2.23 bits per heavy atom. The number of nitrogen functional groups attached to an aromatic ring is 1. The predicted octanol–water partition coefficient (Wildman–Crippen LogP) is 1.49. The standard InChI is InChI=1S/C8H12F2N2Si/c1-13(2,3)7-5(9)4-6(11)12-8(7)10/h4H,1-3H3,(H2,11,12). The summed E-state index contributed by atoms with van der Waals surface area (Å²) in [6.45, 7) is 5.56. The highest BCUT2D eigenvalue weighted by Crippen LogP contribution is 2.10. The van der Waals surface area contributed by atoms with Gasteiger partial charge in [-0.25, -0.2) is 9.37 Å². The van der Waals surface area contributed by atoms with Crippen LogP contribution >= 0.6 is 0 Å². The number of halogens is 2. The SMILES string of the molecule is C[Si](C)(C)c1c(F)cc(N)nc1F. The van der Waals surface area contributed by atoms with Gasteiger partial charge in [-0.2, -0.15) is 4.39 Å². The summed E-state index contributed by atoms with van der Waals surface area (Å²) in [7, 11) is -2.01. The van der Waals surface area contributed by atoms with E-state index >= 15 is 0 Å². The molecule has 2 N–H and O–H groups in total. The second kappa shape index (κ2) is 3.06. The lowest BCUT2D eigenvalue weighted by molar-refractivity contribution is 0.567. The summed E-state index contributed by atoms with van der Waals surface area (Å²) in [6.07, 6.45) is 0. The molecule has 0 aliphatic heterocycles. The van der Waals surface area contributed by atoms with Gasteiger partial charge in [0.1, 0.15) is 11.6 Å². The molecule has 13 heavy (non-hydrogen) atoms. The third-order valence-electron chi connectivity index (χ3n) is 1.70. The van der Waals surface area contributed by atoms with E-state index in [-0.39, 0.29) is 11.0 Å². The van der Waals surface area contributed by atoms with Crippen LogP contribution in [-0.4, -0.2) is 13.1 Å². The first-order valence-corrected chi connectivity index (χ1v) is 7.44. The van der Waals surface area contributed by atoms with Crippen LogP contribution in [0.25, 0.3) is 0 Å². The average Bonchev–Trinajstić information content (AvgIpc) is 1.78. The van der Waals surface area contributed by atoms with Crippen LogP contribution in [-0.2, 0) is 0 Å². The predicted molar refractivity (Wildman–Crippen MR) is 51.5 cm³/mol. The zero-order valence-electron chi connectivity index (χ0n) is 7.86. The smallest absolute Gasteiger partial charge is 0.216 e. The zero-order chi connectivity index (χ0) is 10.2. The van der Waals surface area contributed by atoms with Gasteiger partial charge in [-0.15, -0.1) is 0 Å². The maximum absolute atomic E-state index is 13.3. The Bertz CT molecular complexity index is 310. The largest absolute Gasteiger partial charge is 0.384 e. The van der Waals surface area contributed by atoms with E-state index in [1.54, 1.807) is 0 Å². The number of pyridine rings is 1. The van der Waals surface area contributed by atoms with Crippen molar-refractivity contribution in [1.82, 2.24) is 4.98 Å². The number of hydrogen-bond acceptors (Lipinski definition) is 2. The minimum Gasteiger partial charge on any atom is -0.384 e. The van der Waals surface area contributed by atoms with Crippen molar-refractivity contribution in [3.63, 3.8) is 0 Å². The number of nitrogens with two attached hydrogens (primary N) is 1.